The molecule has 0 radical (unpaired) electrons. The molecular weight excluding hydrogens is 1190 g/mol. The van der Waals surface area contributed by atoms with E-state index >= 15 is 0 Å². The maximum absolute atomic E-state index is 10.4. The maximum atomic E-state index is 10.4. The highest BCUT2D eigenvalue weighted by molar-refractivity contribution is 6.13. The van der Waals surface area contributed by atoms with E-state index in [4.69, 9.17) is 21.5 Å². The summed E-state index contributed by atoms with van der Waals surface area (Å²) in [6.45, 7) is 7.91. The van der Waals surface area contributed by atoms with Crippen molar-refractivity contribution in [1.82, 2.24) is 24.1 Å². The van der Waals surface area contributed by atoms with Gasteiger partial charge in [0, 0.05) is 49.6 Å². The van der Waals surface area contributed by atoms with E-state index < -0.39 is 0 Å². The quantitative estimate of drug-likeness (QED) is 0.113. The summed E-state index contributed by atoms with van der Waals surface area (Å²) < 4.78 is 4.69. The normalized spacial score (nSPS) is 11.2. The number of hydrogen-bond acceptors (Lipinski definition) is 5. The molecule has 0 N–H and O–H groups in total. The van der Waals surface area contributed by atoms with Gasteiger partial charge in [0.15, 0.2) is 23.2 Å². The fourth-order valence-electron chi connectivity index (χ4n) is 13.8. The molecule has 0 spiro atoms. The van der Waals surface area contributed by atoms with Gasteiger partial charge < -0.3 is 9.13 Å². The van der Waals surface area contributed by atoms with Crippen molar-refractivity contribution >= 4 is 49.3 Å². The van der Waals surface area contributed by atoms with Crippen molar-refractivity contribution in [3.05, 3.63) is 350 Å². The van der Waals surface area contributed by atoms with E-state index in [1.165, 1.54) is 0 Å². The molecule has 17 rings (SSSR count). The zero-order valence-electron chi connectivity index (χ0n) is 52.8. The van der Waals surface area contributed by atoms with Crippen LogP contribution in [0.3, 0.4) is 0 Å². The third-order valence-electron chi connectivity index (χ3n) is 18.6. The standard InChI is InChI=1S/C90H54N8/c1-93-75-39-33-64(34-40-75)71-46-73(50-76(48-71)97-84-41-35-67(60-18-6-2-7-19-60)52-80(84)81-53-68(36-42-85(81)97)61-20-8-3-9-21-61)88-94-89(96-90(95-88)79-28-15-14-27-78(79)65-31-29-58(56-91)30-32-65)74-47-72(66-26-16-17-59(45-66)57-92)49-77(51-74)98-86-43-37-69(62-22-10-4-11-23-62)54-82(86)83-55-70(38-44-87(83)98)63-24-12-5-13-25-63/h2-55H. The first kappa shape index (κ1) is 58.0. The minimum Gasteiger partial charge on any atom is -0.309 e. The molecule has 454 valence electrons. The van der Waals surface area contributed by atoms with Crippen LogP contribution in [0.25, 0.3) is 172 Å². The SMILES string of the molecule is [C-]#[N+]c1ccc(-c2cc(-c3nc(-c4cc(-c5cccc(C#N)c5)cc(-n5c6ccc(-c7ccccc7)cc6c6cc(-c7ccccc7)ccc65)c4)nc(-c4ccccc4-c4ccc(C#N)cc4)n3)cc(-n3c4ccc(-c5ccccc5)cc4c4cc(-c5ccccc5)ccc43)c2)cc1. The Morgan fingerprint density at radius 2 is 0.592 bits per heavy atom. The molecule has 0 unspecified atom stereocenters. The van der Waals surface area contributed by atoms with Crippen LogP contribution in [0.1, 0.15) is 11.1 Å². The van der Waals surface area contributed by atoms with Gasteiger partial charge in [-0.3, -0.25) is 0 Å². The molecule has 0 saturated carbocycles. The van der Waals surface area contributed by atoms with Gasteiger partial charge in [0.2, 0.25) is 0 Å². The van der Waals surface area contributed by atoms with Crippen LogP contribution in [0, 0.1) is 29.2 Å². The molecule has 98 heavy (non-hydrogen) atoms. The summed E-state index contributed by atoms with van der Waals surface area (Å²) in [5.41, 5.74) is 23.9. The number of nitriles is 2. The van der Waals surface area contributed by atoms with Crippen molar-refractivity contribution in [3.8, 4) is 136 Å². The lowest BCUT2D eigenvalue weighted by Gasteiger charge is -2.17. The molecular formula is C90H54N8. The van der Waals surface area contributed by atoms with Crippen molar-refractivity contribution in [2.24, 2.45) is 0 Å². The van der Waals surface area contributed by atoms with Gasteiger partial charge in [0.25, 0.3) is 0 Å². The Labute approximate surface area is 566 Å². The zero-order chi connectivity index (χ0) is 65.6. The van der Waals surface area contributed by atoms with E-state index in [9.17, 15) is 10.5 Å². The summed E-state index contributed by atoms with van der Waals surface area (Å²) in [5, 5.41) is 24.7. The fourth-order valence-corrected chi connectivity index (χ4v) is 13.8. The number of fused-ring (bicyclic) bond motifs is 6. The average molecular weight is 1250 g/mol. The van der Waals surface area contributed by atoms with Crippen molar-refractivity contribution in [2.75, 3.05) is 0 Å². The largest absolute Gasteiger partial charge is 0.309 e. The van der Waals surface area contributed by atoms with Crippen LogP contribution in [0.15, 0.2) is 328 Å². The van der Waals surface area contributed by atoms with Gasteiger partial charge in [-0.1, -0.05) is 218 Å². The highest BCUT2D eigenvalue weighted by Crippen LogP contribution is 2.43. The van der Waals surface area contributed by atoms with E-state index in [0.717, 1.165) is 150 Å². The van der Waals surface area contributed by atoms with Gasteiger partial charge in [-0.2, -0.15) is 10.5 Å². The van der Waals surface area contributed by atoms with E-state index in [1.54, 1.807) is 0 Å². The molecule has 8 heteroatoms. The fraction of sp³-hybridized carbons (Fsp3) is 0. The number of rotatable bonds is 12. The Morgan fingerprint density at radius 1 is 0.255 bits per heavy atom. The molecule has 0 aliphatic heterocycles. The van der Waals surface area contributed by atoms with Crippen molar-refractivity contribution in [1.29, 1.82) is 10.5 Å². The topological polar surface area (TPSA) is 100 Å². The van der Waals surface area contributed by atoms with Gasteiger partial charge >= 0.3 is 0 Å². The molecule has 0 saturated heterocycles. The Bertz CT molecular complexity index is 5920. The van der Waals surface area contributed by atoms with E-state index in [2.05, 4.69) is 238 Å². The molecule has 0 atom stereocenters. The molecule has 0 amide bonds. The predicted molar refractivity (Wildman–Crippen MR) is 399 cm³/mol. The predicted octanol–water partition coefficient (Wildman–Crippen LogP) is 23.0. The smallest absolute Gasteiger partial charge is 0.187 e. The summed E-state index contributed by atoms with van der Waals surface area (Å²) >= 11 is 0. The Hall–Kier alpha value is -13.8. The molecule has 0 aliphatic rings. The van der Waals surface area contributed by atoms with Crippen molar-refractivity contribution in [2.45, 2.75) is 0 Å². The molecule has 17 aromatic rings. The second-order valence-electron chi connectivity index (χ2n) is 24.5. The summed E-state index contributed by atoms with van der Waals surface area (Å²) in [5.74, 6) is 1.29. The third-order valence-corrected chi connectivity index (χ3v) is 18.6. The third kappa shape index (κ3) is 10.7. The minimum atomic E-state index is 0.421. The number of hydrogen-bond donors (Lipinski definition) is 0. The van der Waals surface area contributed by atoms with Crippen molar-refractivity contribution < 1.29 is 0 Å². The van der Waals surface area contributed by atoms with Crippen LogP contribution >= 0.6 is 0 Å². The van der Waals surface area contributed by atoms with Gasteiger partial charge in [0.05, 0.1) is 51.9 Å². The molecule has 0 fully saturated rings. The summed E-state index contributed by atoms with van der Waals surface area (Å²) in [4.78, 5) is 20.6. The molecule has 3 aromatic heterocycles. The number of aromatic nitrogens is 5. The minimum absolute atomic E-state index is 0.421. The van der Waals surface area contributed by atoms with Crippen LogP contribution in [0.2, 0.25) is 0 Å². The zero-order valence-corrected chi connectivity index (χ0v) is 52.8. The monoisotopic (exact) mass is 1250 g/mol. The highest BCUT2D eigenvalue weighted by atomic mass is 15.0. The Morgan fingerprint density at radius 3 is 1.01 bits per heavy atom. The molecule has 3 heterocycles. The van der Waals surface area contributed by atoms with Gasteiger partial charge in [-0.25, -0.2) is 19.8 Å². The lowest BCUT2D eigenvalue weighted by Crippen LogP contribution is -2.03. The molecule has 0 aliphatic carbocycles. The van der Waals surface area contributed by atoms with Gasteiger partial charge in [-0.05, 0) is 187 Å². The summed E-state index contributed by atoms with van der Waals surface area (Å²) in [7, 11) is 0. The van der Waals surface area contributed by atoms with E-state index in [1.807, 2.05) is 115 Å². The van der Waals surface area contributed by atoms with Gasteiger partial charge in [-0.15, -0.1) is 0 Å². The van der Waals surface area contributed by atoms with Crippen LogP contribution in [0.5, 0.6) is 0 Å². The highest BCUT2D eigenvalue weighted by Gasteiger charge is 2.23. The van der Waals surface area contributed by atoms with E-state index in [0.29, 0.717) is 34.3 Å². The van der Waals surface area contributed by atoms with Crippen LogP contribution < -0.4 is 0 Å². The van der Waals surface area contributed by atoms with Crippen molar-refractivity contribution in [3.63, 3.8) is 0 Å². The lowest BCUT2D eigenvalue weighted by molar-refractivity contribution is 1.07. The van der Waals surface area contributed by atoms with Crippen LogP contribution in [0.4, 0.5) is 5.69 Å². The molecule has 8 nitrogen and oxygen atoms in total. The maximum Gasteiger partial charge on any atom is 0.187 e. The molecule has 0 bridgehead atoms. The summed E-state index contributed by atoms with van der Waals surface area (Å²) in [6, 6.07) is 118. The second-order valence-corrected chi connectivity index (χ2v) is 24.5. The Kier molecular flexibility index (Phi) is 14.5. The van der Waals surface area contributed by atoms with Crippen LogP contribution in [-0.4, -0.2) is 24.1 Å². The molecule has 14 aromatic carbocycles. The first-order chi connectivity index (χ1) is 48.4. The number of benzene rings is 14. The van der Waals surface area contributed by atoms with Gasteiger partial charge in [0.1, 0.15) is 0 Å². The first-order valence-electron chi connectivity index (χ1n) is 32.4. The average Bonchev–Trinajstić information content (AvgIpc) is 1.57. The summed E-state index contributed by atoms with van der Waals surface area (Å²) in [6.07, 6.45) is 0. The number of nitrogens with zero attached hydrogens (tertiary/aromatic N) is 8. The lowest BCUT2D eigenvalue weighted by atomic mass is 9.97. The Balaban J connectivity index is 0.935. The first-order valence-corrected chi connectivity index (χ1v) is 32.4. The van der Waals surface area contributed by atoms with E-state index in [-0.39, 0.29) is 0 Å². The van der Waals surface area contributed by atoms with Crippen LogP contribution in [-0.2, 0) is 0 Å². The second kappa shape index (κ2) is 24.6.